The second kappa shape index (κ2) is 12.0. The smallest absolute Gasteiger partial charge is 0.410 e. The molecule has 0 saturated carbocycles. The maximum Gasteiger partial charge on any atom is 0.410 e. The van der Waals surface area contributed by atoms with Crippen LogP contribution in [-0.2, 0) is 11.8 Å². The lowest BCUT2D eigenvalue weighted by Crippen LogP contribution is -2.50. The van der Waals surface area contributed by atoms with E-state index >= 15 is 8.78 Å². The number of halogens is 2. The van der Waals surface area contributed by atoms with Crippen molar-refractivity contribution in [3.8, 4) is 11.1 Å². The summed E-state index contributed by atoms with van der Waals surface area (Å²) in [6, 6.07) is 4.58. The molecule has 43 heavy (non-hydrogen) atoms. The summed E-state index contributed by atoms with van der Waals surface area (Å²) < 4.78 is 38.3. The van der Waals surface area contributed by atoms with Gasteiger partial charge in [0.05, 0.1) is 23.1 Å². The first-order chi connectivity index (χ1) is 20.1. The maximum absolute atomic E-state index is 15.6. The first kappa shape index (κ1) is 31.5. The second-order valence-electron chi connectivity index (χ2n) is 12.4. The number of aryl methyl sites for hydroxylation is 1. The maximum atomic E-state index is 15.6. The zero-order valence-electron chi connectivity index (χ0n) is 25.7. The third kappa shape index (κ3) is 7.31. The molecule has 5 N–H and O–H groups in total. The molecule has 0 aliphatic carbocycles. The van der Waals surface area contributed by atoms with Crippen molar-refractivity contribution in [2.45, 2.75) is 52.7 Å². The Morgan fingerprint density at radius 2 is 1.72 bits per heavy atom. The van der Waals surface area contributed by atoms with Crippen LogP contribution >= 0.6 is 0 Å². The van der Waals surface area contributed by atoms with Crippen LogP contribution in [0.4, 0.5) is 30.8 Å². The van der Waals surface area contributed by atoms with Gasteiger partial charge in [0.15, 0.2) is 17.5 Å². The van der Waals surface area contributed by atoms with Crippen LogP contribution < -0.4 is 26.9 Å². The topological polar surface area (TPSA) is 143 Å². The van der Waals surface area contributed by atoms with E-state index < -0.39 is 28.9 Å². The van der Waals surface area contributed by atoms with Gasteiger partial charge in [-0.3, -0.25) is 9.69 Å². The van der Waals surface area contributed by atoms with Crippen molar-refractivity contribution in [2.75, 3.05) is 41.4 Å². The number of carbonyl (C=O) groups is 1. The molecule has 4 rings (SSSR count). The second-order valence-corrected chi connectivity index (χ2v) is 12.4. The number of amides is 1. The number of rotatable bonds is 5. The predicted octanol–water partition coefficient (Wildman–Crippen LogP) is 4.03. The first-order valence-corrected chi connectivity index (χ1v) is 13.9. The van der Waals surface area contributed by atoms with E-state index in [0.29, 0.717) is 43.1 Å². The SMILES string of the molecule is Cn1cc(-c2cnc(NC(C)(C)C)c(/C(=N/N)N(N)c3ccc(N4CCN(C(=O)OC(C)(C)C)CC4)c(F)c3F)c2)cn1. The van der Waals surface area contributed by atoms with Crippen molar-refractivity contribution in [3.05, 3.63) is 54.0 Å². The van der Waals surface area contributed by atoms with Crippen LogP contribution in [0.3, 0.4) is 0 Å². The number of carbonyl (C=O) groups excluding carboxylic acids is 1. The number of aromatic nitrogens is 3. The lowest BCUT2D eigenvalue weighted by molar-refractivity contribution is 0.0240. The number of hydrogen-bond acceptors (Lipinski definition) is 9. The van der Waals surface area contributed by atoms with E-state index in [1.807, 2.05) is 27.0 Å². The van der Waals surface area contributed by atoms with Crippen LogP contribution in [0.5, 0.6) is 0 Å². The van der Waals surface area contributed by atoms with Gasteiger partial charge in [0.25, 0.3) is 0 Å². The number of nitrogens with two attached hydrogens (primary N) is 2. The van der Waals surface area contributed by atoms with Crippen molar-refractivity contribution in [2.24, 2.45) is 23.8 Å². The number of pyridine rings is 1. The number of ether oxygens (including phenoxy) is 1. The lowest BCUT2D eigenvalue weighted by Gasteiger charge is -2.37. The quantitative estimate of drug-likeness (QED) is 0.172. The summed E-state index contributed by atoms with van der Waals surface area (Å²) in [6.07, 6.45) is 4.72. The number of anilines is 3. The fourth-order valence-electron chi connectivity index (χ4n) is 4.61. The zero-order valence-corrected chi connectivity index (χ0v) is 25.7. The van der Waals surface area contributed by atoms with Crippen molar-refractivity contribution in [1.82, 2.24) is 19.7 Å². The van der Waals surface area contributed by atoms with Crippen LogP contribution in [0.25, 0.3) is 11.1 Å². The number of amidine groups is 1. The summed E-state index contributed by atoms with van der Waals surface area (Å²) in [7, 11) is 1.80. The summed E-state index contributed by atoms with van der Waals surface area (Å²) in [5.41, 5.74) is 0.619. The van der Waals surface area contributed by atoms with E-state index in [2.05, 4.69) is 20.5 Å². The molecule has 1 fully saturated rings. The van der Waals surface area contributed by atoms with E-state index in [4.69, 9.17) is 16.4 Å². The van der Waals surface area contributed by atoms with Gasteiger partial charge in [-0.1, -0.05) is 0 Å². The fourth-order valence-corrected chi connectivity index (χ4v) is 4.61. The Labute approximate surface area is 250 Å². The van der Waals surface area contributed by atoms with Gasteiger partial charge in [-0.2, -0.15) is 10.2 Å². The highest BCUT2D eigenvalue weighted by atomic mass is 19.2. The van der Waals surface area contributed by atoms with Gasteiger partial charge in [0.2, 0.25) is 0 Å². The van der Waals surface area contributed by atoms with Crippen molar-refractivity contribution in [3.63, 3.8) is 0 Å². The van der Waals surface area contributed by atoms with Gasteiger partial charge >= 0.3 is 6.09 Å². The number of hydrazone groups is 1. The molecule has 1 aromatic carbocycles. The summed E-state index contributed by atoms with van der Waals surface area (Å²) >= 11 is 0. The Kier molecular flexibility index (Phi) is 8.81. The van der Waals surface area contributed by atoms with Crippen LogP contribution in [0.1, 0.15) is 47.1 Å². The average molecular weight is 599 g/mol. The molecule has 0 spiro atoms. The van der Waals surface area contributed by atoms with Crippen molar-refractivity contribution >= 4 is 29.1 Å². The number of hydrazine groups is 1. The summed E-state index contributed by atoms with van der Waals surface area (Å²) in [5, 5.41) is 12.3. The Hall–Kier alpha value is -4.46. The number of hydrogen-bond donors (Lipinski definition) is 3. The molecule has 3 aromatic rings. The molecule has 1 saturated heterocycles. The van der Waals surface area contributed by atoms with E-state index in [0.717, 1.165) is 10.6 Å². The number of nitrogens with zero attached hydrogens (tertiary/aromatic N) is 7. The Morgan fingerprint density at radius 1 is 1.05 bits per heavy atom. The molecule has 14 heteroatoms. The van der Waals surface area contributed by atoms with Gasteiger partial charge in [0, 0.05) is 62.3 Å². The largest absolute Gasteiger partial charge is 0.444 e. The number of benzene rings is 1. The van der Waals surface area contributed by atoms with Gasteiger partial charge in [-0.05, 0) is 59.7 Å². The van der Waals surface area contributed by atoms with Crippen LogP contribution in [0.2, 0.25) is 0 Å². The molecule has 0 bridgehead atoms. The Morgan fingerprint density at radius 3 is 2.28 bits per heavy atom. The van der Waals surface area contributed by atoms with Crippen molar-refractivity contribution < 1.29 is 18.3 Å². The van der Waals surface area contributed by atoms with E-state index in [1.165, 1.54) is 12.1 Å². The minimum Gasteiger partial charge on any atom is -0.444 e. The summed E-state index contributed by atoms with van der Waals surface area (Å²) in [4.78, 5) is 20.2. The molecular formula is C29H40F2N10O2. The minimum atomic E-state index is -1.17. The molecule has 0 radical (unpaired) electrons. The fraction of sp³-hybridized carbons (Fsp3) is 0.448. The minimum absolute atomic E-state index is 0.0398. The third-order valence-corrected chi connectivity index (χ3v) is 6.58. The monoisotopic (exact) mass is 598 g/mol. The first-order valence-electron chi connectivity index (χ1n) is 13.9. The molecule has 0 atom stereocenters. The number of piperazine rings is 1. The molecular weight excluding hydrogens is 558 g/mol. The zero-order chi connectivity index (χ0) is 31.7. The highest BCUT2D eigenvalue weighted by molar-refractivity contribution is 6.12. The molecule has 1 amide bonds. The highest BCUT2D eigenvalue weighted by Gasteiger charge is 2.30. The molecule has 12 nitrogen and oxygen atoms in total. The van der Waals surface area contributed by atoms with Gasteiger partial charge in [-0.25, -0.2) is 24.4 Å². The average Bonchev–Trinajstić information content (AvgIpc) is 3.36. The normalized spacial score (nSPS) is 14.6. The molecule has 0 unspecified atom stereocenters. The van der Waals surface area contributed by atoms with Crippen LogP contribution in [0, 0.1) is 11.6 Å². The molecule has 1 aliphatic rings. The van der Waals surface area contributed by atoms with Gasteiger partial charge in [0.1, 0.15) is 11.4 Å². The summed E-state index contributed by atoms with van der Waals surface area (Å²) in [5.74, 6) is 10.3. The molecule has 3 heterocycles. The summed E-state index contributed by atoms with van der Waals surface area (Å²) in [6.45, 7) is 12.4. The van der Waals surface area contributed by atoms with Gasteiger partial charge in [-0.15, -0.1) is 0 Å². The molecule has 232 valence electrons. The van der Waals surface area contributed by atoms with Crippen molar-refractivity contribution in [1.29, 1.82) is 0 Å². The van der Waals surface area contributed by atoms with Gasteiger partial charge < -0.3 is 25.7 Å². The molecule has 2 aromatic heterocycles. The van der Waals surface area contributed by atoms with E-state index in [1.54, 1.807) is 60.8 Å². The molecule has 1 aliphatic heterocycles. The Balaban J connectivity index is 1.62. The lowest BCUT2D eigenvalue weighted by atomic mass is 10.1. The highest BCUT2D eigenvalue weighted by Crippen LogP contribution is 2.32. The third-order valence-electron chi connectivity index (χ3n) is 6.58. The number of nitrogens with one attached hydrogen (secondary N) is 1. The van der Waals surface area contributed by atoms with Crippen LogP contribution in [-0.4, -0.2) is 68.9 Å². The predicted molar refractivity (Wildman–Crippen MR) is 164 cm³/mol. The standard InChI is InChI=1S/C29H40F2N10O2/c1-28(2,3)36-25-20(14-18(15-34-25)19-16-35-38(7)17-19)26(37-32)41(33)22-9-8-21(23(30)24(22)31)39-10-12-40(13-11-39)27(42)43-29(4,5)6/h8-9,14-17H,10-13,32-33H2,1-7H3,(H,34,36)/b37-26-. The Bertz CT molecular complexity index is 1500. The van der Waals surface area contributed by atoms with E-state index in [-0.39, 0.29) is 17.2 Å². The van der Waals surface area contributed by atoms with Crippen LogP contribution in [0.15, 0.2) is 41.9 Å². The van der Waals surface area contributed by atoms with E-state index in [9.17, 15) is 4.79 Å².